The Hall–Kier alpha value is -2.82. The van der Waals surface area contributed by atoms with E-state index in [1.807, 2.05) is 36.4 Å². The van der Waals surface area contributed by atoms with Gasteiger partial charge < -0.3 is 14.9 Å². The average Bonchev–Trinajstić information content (AvgIpc) is 2.89. The van der Waals surface area contributed by atoms with Crippen molar-refractivity contribution in [2.75, 3.05) is 0 Å². The molecule has 100 valence electrons. The summed E-state index contributed by atoms with van der Waals surface area (Å²) in [5.74, 6) is 0.156. The van der Waals surface area contributed by atoms with E-state index < -0.39 is 5.91 Å². The van der Waals surface area contributed by atoms with E-state index in [4.69, 9.17) is 10.5 Å². The highest BCUT2D eigenvalue weighted by molar-refractivity contribution is 5.91. The number of imidazole rings is 1. The molecule has 0 spiro atoms. The Balaban J connectivity index is 1.80. The second kappa shape index (κ2) is 5.05. The van der Waals surface area contributed by atoms with Gasteiger partial charge in [-0.2, -0.15) is 0 Å². The molecule has 3 aromatic rings. The lowest BCUT2D eigenvalue weighted by Gasteiger charge is -2.06. The number of hydrogen-bond donors (Lipinski definition) is 1. The van der Waals surface area contributed by atoms with Crippen LogP contribution in [0.25, 0.3) is 5.65 Å². The van der Waals surface area contributed by atoms with Gasteiger partial charge in [0, 0.05) is 18.5 Å². The minimum Gasteiger partial charge on any atom is -0.489 e. The van der Waals surface area contributed by atoms with Crippen molar-refractivity contribution in [3.05, 3.63) is 66.1 Å². The topological polar surface area (TPSA) is 69.6 Å². The van der Waals surface area contributed by atoms with Crippen molar-refractivity contribution in [1.29, 1.82) is 0 Å². The van der Waals surface area contributed by atoms with Gasteiger partial charge in [-0.25, -0.2) is 4.98 Å². The van der Waals surface area contributed by atoms with E-state index in [1.54, 1.807) is 22.9 Å². The quantitative estimate of drug-likeness (QED) is 0.786. The van der Waals surface area contributed by atoms with Gasteiger partial charge in [-0.15, -0.1) is 0 Å². The number of primary amides is 1. The smallest absolute Gasteiger partial charge is 0.268 e. The maximum absolute atomic E-state index is 11.1. The molecule has 0 aliphatic rings. The number of carbonyl (C=O) groups is 1. The molecule has 5 nitrogen and oxygen atoms in total. The number of aromatic nitrogens is 2. The zero-order chi connectivity index (χ0) is 13.9. The van der Waals surface area contributed by atoms with E-state index in [0.29, 0.717) is 18.0 Å². The first-order valence-electron chi connectivity index (χ1n) is 6.18. The van der Waals surface area contributed by atoms with Crippen molar-refractivity contribution in [2.24, 2.45) is 5.73 Å². The van der Waals surface area contributed by atoms with Crippen LogP contribution in [0.1, 0.15) is 16.1 Å². The number of fused-ring (bicyclic) bond motifs is 1. The van der Waals surface area contributed by atoms with Crippen LogP contribution in [0.15, 0.2) is 54.9 Å². The Bertz CT molecular complexity index is 750. The Morgan fingerprint density at radius 1 is 1.25 bits per heavy atom. The van der Waals surface area contributed by atoms with E-state index in [0.717, 1.165) is 5.56 Å². The van der Waals surface area contributed by atoms with Gasteiger partial charge in [0.25, 0.3) is 5.91 Å². The van der Waals surface area contributed by atoms with Crippen LogP contribution in [-0.4, -0.2) is 15.3 Å². The summed E-state index contributed by atoms with van der Waals surface area (Å²) < 4.78 is 7.43. The molecule has 5 heteroatoms. The predicted octanol–water partition coefficient (Wildman–Crippen LogP) is 2.01. The monoisotopic (exact) mass is 267 g/mol. The van der Waals surface area contributed by atoms with Gasteiger partial charge in [-0.05, 0) is 11.6 Å². The van der Waals surface area contributed by atoms with Gasteiger partial charge in [0.2, 0.25) is 0 Å². The molecule has 1 aromatic carbocycles. The molecule has 0 radical (unpaired) electrons. The lowest BCUT2D eigenvalue weighted by molar-refractivity contribution is 0.0996. The van der Waals surface area contributed by atoms with Gasteiger partial charge in [-0.3, -0.25) is 4.79 Å². The summed E-state index contributed by atoms with van der Waals surface area (Å²) in [5.41, 5.74) is 7.17. The molecule has 0 atom stereocenters. The number of amides is 1. The molecule has 3 rings (SSSR count). The van der Waals surface area contributed by atoms with Crippen molar-refractivity contribution >= 4 is 11.6 Å². The summed E-state index contributed by atoms with van der Waals surface area (Å²) in [5, 5.41) is 0. The van der Waals surface area contributed by atoms with Crippen LogP contribution >= 0.6 is 0 Å². The molecule has 20 heavy (non-hydrogen) atoms. The summed E-state index contributed by atoms with van der Waals surface area (Å²) in [6.07, 6.45) is 3.38. The molecule has 0 fully saturated rings. The Labute approximate surface area is 115 Å². The third-order valence-corrected chi connectivity index (χ3v) is 2.93. The highest BCUT2D eigenvalue weighted by Crippen LogP contribution is 2.16. The average molecular weight is 267 g/mol. The van der Waals surface area contributed by atoms with Crippen molar-refractivity contribution in [3.63, 3.8) is 0 Å². The van der Waals surface area contributed by atoms with Crippen LogP contribution in [0, 0.1) is 0 Å². The highest BCUT2D eigenvalue weighted by Gasteiger charge is 2.07. The summed E-state index contributed by atoms with van der Waals surface area (Å²) >= 11 is 0. The lowest BCUT2D eigenvalue weighted by Crippen LogP contribution is -2.10. The van der Waals surface area contributed by atoms with Gasteiger partial charge in [0.15, 0.2) is 0 Å². The predicted molar refractivity (Wildman–Crippen MR) is 74.5 cm³/mol. The summed E-state index contributed by atoms with van der Waals surface area (Å²) in [7, 11) is 0. The maximum atomic E-state index is 11.1. The number of benzene rings is 1. The van der Waals surface area contributed by atoms with E-state index >= 15 is 0 Å². The maximum Gasteiger partial charge on any atom is 0.268 e. The van der Waals surface area contributed by atoms with E-state index in [-0.39, 0.29) is 5.69 Å². The minimum atomic E-state index is -0.541. The third kappa shape index (κ3) is 2.47. The summed E-state index contributed by atoms with van der Waals surface area (Å²) in [6.45, 7) is 0.487. The number of pyridine rings is 1. The van der Waals surface area contributed by atoms with Crippen LogP contribution in [0.5, 0.6) is 5.75 Å². The van der Waals surface area contributed by atoms with Gasteiger partial charge in [-0.1, -0.05) is 30.3 Å². The molecule has 2 N–H and O–H groups in total. The zero-order valence-corrected chi connectivity index (χ0v) is 10.7. The number of rotatable bonds is 4. The van der Waals surface area contributed by atoms with Gasteiger partial charge in [0.05, 0.1) is 0 Å². The number of nitrogens with zero attached hydrogens (tertiary/aromatic N) is 2. The van der Waals surface area contributed by atoms with E-state index in [9.17, 15) is 4.79 Å². The summed E-state index contributed by atoms with van der Waals surface area (Å²) in [4.78, 5) is 15.2. The van der Waals surface area contributed by atoms with Crippen LogP contribution in [0.2, 0.25) is 0 Å². The highest BCUT2D eigenvalue weighted by atomic mass is 16.5. The minimum absolute atomic E-state index is 0.241. The van der Waals surface area contributed by atoms with Crippen LogP contribution < -0.4 is 10.5 Å². The summed E-state index contributed by atoms with van der Waals surface area (Å²) in [6, 6.07) is 13.5. The third-order valence-electron chi connectivity index (χ3n) is 2.93. The molecule has 1 amide bonds. The molecule has 2 heterocycles. The fraction of sp³-hybridized carbons (Fsp3) is 0.0667. The largest absolute Gasteiger partial charge is 0.489 e. The second-order valence-corrected chi connectivity index (χ2v) is 4.39. The van der Waals surface area contributed by atoms with Gasteiger partial charge >= 0.3 is 0 Å². The molecule has 0 bridgehead atoms. The molecule has 0 saturated heterocycles. The molecule has 0 aliphatic carbocycles. The fourth-order valence-corrected chi connectivity index (χ4v) is 1.91. The lowest BCUT2D eigenvalue weighted by atomic mass is 10.2. The SMILES string of the molecule is NC(=O)c1cn2ccc(OCc3ccccc3)cc2n1. The first kappa shape index (κ1) is 12.2. The molecule has 0 saturated carbocycles. The number of carbonyl (C=O) groups excluding carboxylic acids is 1. The van der Waals surface area contributed by atoms with E-state index in [2.05, 4.69) is 4.98 Å². The van der Waals surface area contributed by atoms with Crippen LogP contribution in [0.3, 0.4) is 0 Å². The van der Waals surface area contributed by atoms with E-state index in [1.165, 1.54) is 0 Å². The molecular formula is C15H13N3O2. The first-order chi connectivity index (χ1) is 9.72. The van der Waals surface area contributed by atoms with Crippen molar-refractivity contribution in [2.45, 2.75) is 6.61 Å². The van der Waals surface area contributed by atoms with Crippen molar-refractivity contribution < 1.29 is 9.53 Å². The molecular weight excluding hydrogens is 254 g/mol. The van der Waals surface area contributed by atoms with Gasteiger partial charge in [0.1, 0.15) is 23.7 Å². The normalized spacial score (nSPS) is 10.6. The zero-order valence-electron chi connectivity index (χ0n) is 10.7. The van der Waals surface area contributed by atoms with Crippen LogP contribution in [0.4, 0.5) is 0 Å². The van der Waals surface area contributed by atoms with Crippen molar-refractivity contribution in [1.82, 2.24) is 9.38 Å². The molecule has 0 unspecified atom stereocenters. The molecule has 0 aliphatic heterocycles. The number of nitrogens with two attached hydrogens (primary N) is 1. The number of hydrogen-bond acceptors (Lipinski definition) is 3. The first-order valence-corrected chi connectivity index (χ1v) is 6.18. The van der Waals surface area contributed by atoms with Crippen LogP contribution in [-0.2, 0) is 6.61 Å². The van der Waals surface area contributed by atoms with Crippen molar-refractivity contribution in [3.8, 4) is 5.75 Å². The standard InChI is InChI=1S/C15H13N3O2/c16-15(19)13-9-18-7-6-12(8-14(18)17-13)20-10-11-4-2-1-3-5-11/h1-9H,10H2,(H2,16,19). The fourth-order valence-electron chi connectivity index (χ4n) is 1.91. The number of ether oxygens (including phenoxy) is 1. The molecule has 2 aromatic heterocycles. The Morgan fingerprint density at radius 2 is 2.05 bits per heavy atom. The Kier molecular flexibility index (Phi) is 3.09. The Morgan fingerprint density at radius 3 is 2.80 bits per heavy atom. The second-order valence-electron chi connectivity index (χ2n) is 4.39.